The average molecular weight is 256 g/mol. The van der Waals surface area contributed by atoms with Crippen molar-refractivity contribution >= 4 is 11.9 Å². The van der Waals surface area contributed by atoms with Crippen LogP contribution in [0.25, 0.3) is 0 Å². The van der Waals surface area contributed by atoms with E-state index in [1.165, 1.54) is 0 Å². The number of piperidine rings is 1. The predicted octanol–water partition coefficient (Wildman–Crippen LogP) is 0.832. The van der Waals surface area contributed by atoms with Crippen LogP contribution < -0.4 is 10.6 Å². The van der Waals surface area contributed by atoms with Crippen molar-refractivity contribution in [3.8, 4) is 0 Å². The monoisotopic (exact) mass is 256 g/mol. The lowest BCUT2D eigenvalue weighted by molar-refractivity contribution is -0.158. The first-order chi connectivity index (χ1) is 8.29. The molecule has 1 aliphatic heterocycles. The smallest absolute Gasteiger partial charge is 0.328 e. The highest BCUT2D eigenvalue weighted by atomic mass is 16.6. The lowest BCUT2D eigenvalue weighted by Gasteiger charge is -2.25. The normalized spacial score (nSPS) is 19.1. The predicted molar refractivity (Wildman–Crippen MR) is 69.0 cm³/mol. The molecule has 1 fully saturated rings. The van der Waals surface area contributed by atoms with E-state index in [1.807, 2.05) is 20.8 Å². The van der Waals surface area contributed by atoms with Gasteiger partial charge in [-0.1, -0.05) is 0 Å². The number of hydrogen-bond acceptors (Lipinski definition) is 4. The van der Waals surface area contributed by atoms with Gasteiger partial charge in [0.15, 0.2) is 0 Å². The minimum Gasteiger partial charge on any atom is -0.458 e. The van der Waals surface area contributed by atoms with E-state index >= 15 is 0 Å². The average Bonchev–Trinajstić information content (AvgIpc) is 2.27. The van der Waals surface area contributed by atoms with Gasteiger partial charge in [0.1, 0.15) is 11.6 Å². The number of ether oxygens (including phenoxy) is 1. The van der Waals surface area contributed by atoms with E-state index in [2.05, 4.69) is 10.6 Å². The zero-order valence-electron chi connectivity index (χ0n) is 11.7. The highest BCUT2D eigenvalue weighted by Crippen LogP contribution is 2.13. The Kier molecular flexibility index (Phi) is 5.14. The molecule has 1 saturated heterocycles. The van der Waals surface area contributed by atoms with Crippen LogP contribution in [-0.2, 0) is 14.3 Å². The summed E-state index contributed by atoms with van der Waals surface area (Å²) in [5, 5.41) is 5.94. The molecule has 0 unspecified atom stereocenters. The van der Waals surface area contributed by atoms with E-state index in [0.29, 0.717) is 0 Å². The molecule has 0 aromatic heterocycles. The summed E-state index contributed by atoms with van der Waals surface area (Å²) < 4.78 is 5.22. The Bertz CT molecular complexity index is 304. The van der Waals surface area contributed by atoms with Gasteiger partial charge in [-0.3, -0.25) is 4.79 Å². The van der Waals surface area contributed by atoms with Crippen LogP contribution in [0.1, 0.15) is 40.5 Å². The molecule has 1 rings (SSSR count). The fourth-order valence-electron chi connectivity index (χ4n) is 1.86. The number of carbonyl (C=O) groups is 2. The Morgan fingerprint density at radius 3 is 2.33 bits per heavy atom. The van der Waals surface area contributed by atoms with Crippen LogP contribution >= 0.6 is 0 Å². The molecule has 0 aliphatic carbocycles. The second-order valence-corrected chi connectivity index (χ2v) is 5.79. The number of rotatable bonds is 3. The third-order valence-electron chi connectivity index (χ3n) is 2.83. The van der Waals surface area contributed by atoms with Crippen molar-refractivity contribution in [3.05, 3.63) is 0 Å². The molecular weight excluding hydrogens is 232 g/mol. The van der Waals surface area contributed by atoms with Gasteiger partial charge in [-0.2, -0.15) is 0 Å². The van der Waals surface area contributed by atoms with Crippen molar-refractivity contribution in [2.45, 2.75) is 52.2 Å². The van der Waals surface area contributed by atoms with Gasteiger partial charge in [-0.15, -0.1) is 0 Å². The molecule has 1 heterocycles. The van der Waals surface area contributed by atoms with Gasteiger partial charge in [0, 0.05) is 5.92 Å². The first-order valence-corrected chi connectivity index (χ1v) is 6.53. The largest absolute Gasteiger partial charge is 0.458 e. The van der Waals surface area contributed by atoms with Crippen LogP contribution in [-0.4, -0.2) is 36.6 Å². The Morgan fingerprint density at radius 1 is 1.28 bits per heavy atom. The molecule has 0 bridgehead atoms. The molecule has 0 radical (unpaired) electrons. The van der Waals surface area contributed by atoms with E-state index < -0.39 is 11.6 Å². The third kappa shape index (κ3) is 5.04. The lowest BCUT2D eigenvalue weighted by Crippen LogP contribution is -2.46. The van der Waals surface area contributed by atoms with Crippen LogP contribution in [0.15, 0.2) is 0 Å². The van der Waals surface area contributed by atoms with E-state index in [1.54, 1.807) is 6.92 Å². The van der Waals surface area contributed by atoms with E-state index in [9.17, 15) is 9.59 Å². The molecule has 18 heavy (non-hydrogen) atoms. The maximum Gasteiger partial charge on any atom is 0.328 e. The van der Waals surface area contributed by atoms with Gasteiger partial charge in [0.2, 0.25) is 5.91 Å². The SMILES string of the molecule is C[C@H](NC(=O)C1CCNCC1)C(=O)OC(C)(C)C. The summed E-state index contributed by atoms with van der Waals surface area (Å²) in [5.74, 6) is -0.421. The van der Waals surface area contributed by atoms with Crippen molar-refractivity contribution in [3.63, 3.8) is 0 Å². The summed E-state index contributed by atoms with van der Waals surface area (Å²) in [7, 11) is 0. The summed E-state index contributed by atoms with van der Waals surface area (Å²) in [5.41, 5.74) is -0.523. The van der Waals surface area contributed by atoms with Crippen molar-refractivity contribution in [1.29, 1.82) is 0 Å². The van der Waals surface area contributed by atoms with E-state index in [4.69, 9.17) is 4.74 Å². The highest BCUT2D eigenvalue weighted by molar-refractivity contribution is 5.85. The number of amides is 1. The topological polar surface area (TPSA) is 67.4 Å². The number of hydrogen-bond donors (Lipinski definition) is 2. The standard InChI is InChI=1S/C13H24N2O3/c1-9(12(17)18-13(2,3)4)15-11(16)10-5-7-14-8-6-10/h9-10,14H,5-8H2,1-4H3,(H,15,16)/t9-/m0/s1. The summed E-state index contributed by atoms with van der Waals surface area (Å²) in [6.07, 6.45) is 1.65. The molecule has 1 aliphatic rings. The fourth-order valence-corrected chi connectivity index (χ4v) is 1.86. The van der Waals surface area contributed by atoms with Gasteiger partial charge in [-0.05, 0) is 53.6 Å². The lowest BCUT2D eigenvalue weighted by atomic mass is 9.97. The van der Waals surface area contributed by atoms with Crippen molar-refractivity contribution in [1.82, 2.24) is 10.6 Å². The molecular formula is C13H24N2O3. The zero-order valence-corrected chi connectivity index (χ0v) is 11.7. The molecule has 1 atom stereocenters. The zero-order chi connectivity index (χ0) is 13.8. The third-order valence-corrected chi connectivity index (χ3v) is 2.83. The van der Waals surface area contributed by atoms with Crippen LogP contribution in [0.2, 0.25) is 0 Å². The van der Waals surface area contributed by atoms with Crippen molar-refractivity contribution in [2.75, 3.05) is 13.1 Å². The van der Waals surface area contributed by atoms with Crippen LogP contribution in [0.4, 0.5) is 0 Å². The van der Waals surface area contributed by atoms with Gasteiger partial charge in [0.25, 0.3) is 0 Å². The van der Waals surface area contributed by atoms with Crippen molar-refractivity contribution < 1.29 is 14.3 Å². The second kappa shape index (κ2) is 6.18. The summed E-state index contributed by atoms with van der Waals surface area (Å²) in [6, 6.07) is -0.591. The van der Waals surface area contributed by atoms with Gasteiger partial charge in [0.05, 0.1) is 0 Å². The first-order valence-electron chi connectivity index (χ1n) is 6.53. The molecule has 1 amide bonds. The van der Waals surface area contributed by atoms with Gasteiger partial charge < -0.3 is 15.4 Å². The summed E-state index contributed by atoms with van der Waals surface area (Å²) >= 11 is 0. The molecule has 0 saturated carbocycles. The number of nitrogens with one attached hydrogen (secondary N) is 2. The quantitative estimate of drug-likeness (QED) is 0.734. The summed E-state index contributed by atoms with van der Waals surface area (Å²) in [4.78, 5) is 23.7. The minimum absolute atomic E-state index is 0.0103. The molecule has 5 heteroatoms. The van der Waals surface area contributed by atoms with Crippen molar-refractivity contribution in [2.24, 2.45) is 5.92 Å². The van der Waals surface area contributed by atoms with Gasteiger partial charge in [-0.25, -0.2) is 4.79 Å². The number of carbonyl (C=O) groups excluding carboxylic acids is 2. The molecule has 104 valence electrons. The van der Waals surface area contributed by atoms with Crippen LogP contribution in [0.5, 0.6) is 0 Å². The van der Waals surface area contributed by atoms with E-state index in [-0.39, 0.29) is 17.8 Å². The van der Waals surface area contributed by atoms with Crippen LogP contribution in [0, 0.1) is 5.92 Å². The Morgan fingerprint density at radius 2 is 1.83 bits per heavy atom. The number of esters is 1. The molecule has 5 nitrogen and oxygen atoms in total. The summed E-state index contributed by atoms with van der Waals surface area (Å²) in [6.45, 7) is 8.82. The van der Waals surface area contributed by atoms with Crippen LogP contribution in [0.3, 0.4) is 0 Å². The molecule has 2 N–H and O–H groups in total. The fraction of sp³-hybridized carbons (Fsp3) is 0.846. The highest BCUT2D eigenvalue weighted by Gasteiger charge is 2.26. The second-order valence-electron chi connectivity index (χ2n) is 5.79. The van der Waals surface area contributed by atoms with E-state index in [0.717, 1.165) is 25.9 Å². The Hall–Kier alpha value is -1.10. The van der Waals surface area contributed by atoms with Gasteiger partial charge >= 0.3 is 5.97 Å². The molecule has 0 aromatic carbocycles. The maximum atomic E-state index is 11.9. The molecule has 0 spiro atoms. The maximum absolute atomic E-state index is 11.9. The first kappa shape index (κ1) is 15.0. The molecule has 0 aromatic rings. The Balaban J connectivity index is 2.41. The Labute approximate surface area is 109 Å². The minimum atomic E-state index is -0.591.